The second-order valence-corrected chi connectivity index (χ2v) is 6.12. The predicted molar refractivity (Wildman–Crippen MR) is 89.6 cm³/mol. The monoisotopic (exact) mass is 264 g/mol. The first-order chi connectivity index (χ1) is 9.20. The highest BCUT2D eigenvalue weighted by atomic mass is 14.0. The van der Waals surface area contributed by atoms with E-state index in [1.165, 1.54) is 64.2 Å². The van der Waals surface area contributed by atoms with Crippen LogP contribution in [0.1, 0.15) is 91.9 Å². The molecular formula is C19H36. The maximum atomic E-state index is 2.52. The van der Waals surface area contributed by atoms with Crippen molar-refractivity contribution >= 4 is 0 Å². The molecule has 0 amide bonds. The van der Waals surface area contributed by atoms with Crippen LogP contribution in [-0.2, 0) is 0 Å². The van der Waals surface area contributed by atoms with Crippen LogP contribution in [0.4, 0.5) is 0 Å². The minimum absolute atomic E-state index is 0.785. The van der Waals surface area contributed by atoms with Crippen LogP contribution < -0.4 is 0 Å². The lowest BCUT2D eigenvalue weighted by Crippen LogP contribution is -1.86. The third-order valence-electron chi connectivity index (χ3n) is 3.50. The van der Waals surface area contributed by atoms with Gasteiger partial charge in [0.05, 0.1) is 0 Å². The Hall–Kier alpha value is -0.520. The Labute approximate surface area is 122 Å². The van der Waals surface area contributed by atoms with Crippen molar-refractivity contribution in [3.05, 3.63) is 23.8 Å². The van der Waals surface area contributed by atoms with E-state index >= 15 is 0 Å². The molecule has 0 aliphatic rings. The standard InChI is InChI=1S/C19H36/c1-5-7-9-11-16-19(15-10-8-6-2)17-13-12-14-18(3)4/h12-13,16,18H,5-11,14-15,17H2,1-4H3. The Morgan fingerprint density at radius 2 is 1.58 bits per heavy atom. The van der Waals surface area contributed by atoms with Gasteiger partial charge in [0.1, 0.15) is 0 Å². The van der Waals surface area contributed by atoms with Gasteiger partial charge in [-0.15, -0.1) is 0 Å². The van der Waals surface area contributed by atoms with Crippen LogP contribution in [0.25, 0.3) is 0 Å². The highest BCUT2D eigenvalue weighted by Gasteiger charge is 1.96. The summed E-state index contributed by atoms with van der Waals surface area (Å²) in [5.74, 6) is 0.785. The van der Waals surface area contributed by atoms with Crippen molar-refractivity contribution in [1.82, 2.24) is 0 Å². The molecule has 0 rings (SSSR count). The molecule has 0 heteroatoms. The van der Waals surface area contributed by atoms with Crippen LogP contribution >= 0.6 is 0 Å². The van der Waals surface area contributed by atoms with Gasteiger partial charge < -0.3 is 0 Å². The fraction of sp³-hybridized carbons (Fsp3) is 0.789. The zero-order chi connectivity index (χ0) is 14.3. The average molecular weight is 264 g/mol. The quantitative estimate of drug-likeness (QED) is 0.261. The van der Waals surface area contributed by atoms with Crippen LogP contribution in [0.5, 0.6) is 0 Å². The number of hydrogen-bond acceptors (Lipinski definition) is 0. The van der Waals surface area contributed by atoms with Gasteiger partial charge >= 0.3 is 0 Å². The molecule has 0 bridgehead atoms. The molecule has 0 nitrogen and oxygen atoms in total. The summed E-state index contributed by atoms with van der Waals surface area (Å²) in [5.41, 5.74) is 1.67. The molecule has 0 aliphatic carbocycles. The summed E-state index contributed by atoms with van der Waals surface area (Å²) in [4.78, 5) is 0. The van der Waals surface area contributed by atoms with Crippen molar-refractivity contribution in [2.75, 3.05) is 0 Å². The largest absolute Gasteiger partial charge is 0.0880 e. The lowest BCUT2D eigenvalue weighted by atomic mass is 10.0. The van der Waals surface area contributed by atoms with Crippen LogP contribution in [0.3, 0.4) is 0 Å². The molecule has 0 aromatic heterocycles. The minimum Gasteiger partial charge on any atom is -0.0880 e. The highest BCUT2D eigenvalue weighted by Crippen LogP contribution is 2.16. The molecule has 19 heavy (non-hydrogen) atoms. The molecule has 0 atom stereocenters. The van der Waals surface area contributed by atoms with Gasteiger partial charge in [0.15, 0.2) is 0 Å². The van der Waals surface area contributed by atoms with Crippen molar-refractivity contribution in [3.63, 3.8) is 0 Å². The molecule has 112 valence electrons. The zero-order valence-electron chi connectivity index (χ0n) is 13.9. The molecule has 0 saturated carbocycles. The van der Waals surface area contributed by atoms with E-state index in [1.54, 1.807) is 5.57 Å². The number of unbranched alkanes of at least 4 members (excludes halogenated alkanes) is 5. The average Bonchev–Trinajstić information content (AvgIpc) is 2.38. The van der Waals surface area contributed by atoms with Crippen LogP contribution in [0.15, 0.2) is 23.8 Å². The van der Waals surface area contributed by atoms with Crippen LogP contribution in [-0.4, -0.2) is 0 Å². The molecule has 0 aromatic carbocycles. The van der Waals surface area contributed by atoms with Gasteiger partial charge in [-0.3, -0.25) is 0 Å². The van der Waals surface area contributed by atoms with E-state index in [9.17, 15) is 0 Å². The van der Waals surface area contributed by atoms with Crippen LogP contribution in [0.2, 0.25) is 0 Å². The predicted octanol–water partition coefficient (Wildman–Crippen LogP) is 7.07. The molecular weight excluding hydrogens is 228 g/mol. The molecule has 0 radical (unpaired) electrons. The first-order valence-electron chi connectivity index (χ1n) is 8.53. The molecule has 0 heterocycles. The number of hydrogen-bond donors (Lipinski definition) is 0. The Bertz CT molecular complexity index is 232. The SMILES string of the molecule is CCCCCC=C(CC=CCC(C)C)CCCCC. The van der Waals surface area contributed by atoms with Crippen LogP contribution in [0, 0.1) is 5.92 Å². The fourth-order valence-electron chi connectivity index (χ4n) is 2.19. The van der Waals surface area contributed by atoms with Crippen molar-refractivity contribution in [3.8, 4) is 0 Å². The summed E-state index contributed by atoms with van der Waals surface area (Å²) in [6.45, 7) is 9.13. The number of rotatable bonds is 12. The highest BCUT2D eigenvalue weighted by molar-refractivity contribution is 5.07. The minimum atomic E-state index is 0.785. The zero-order valence-corrected chi connectivity index (χ0v) is 13.9. The molecule has 0 unspecified atom stereocenters. The first kappa shape index (κ1) is 18.5. The summed E-state index contributed by atoms with van der Waals surface area (Å²) in [6, 6.07) is 0. The van der Waals surface area contributed by atoms with Gasteiger partial charge in [0.25, 0.3) is 0 Å². The third kappa shape index (κ3) is 13.7. The second-order valence-electron chi connectivity index (χ2n) is 6.12. The van der Waals surface area contributed by atoms with E-state index in [0.29, 0.717) is 0 Å². The van der Waals surface area contributed by atoms with E-state index in [-0.39, 0.29) is 0 Å². The third-order valence-corrected chi connectivity index (χ3v) is 3.50. The maximum absolute atomic E-state index is 2.52. The Kier molecular flexibility index (Phi) is 13.5. The first-order valence-corrected chi connectivity index (χ1v) is 8.53. The van der Waals surface area contributed by atoms with E-state index in [1.807, 2.05) is 0 Å². The lowest BCUT2D eigenvalue weighted by Gasteiger charge is -2.05. The second kappa shape index (κ2) is 13.9. The molecule has 0 fully saturated rings. The Morgan fingerprint density at radius 1 is 0.895 bits per heavy atom. The Morgan fingerprint density at radius 3 is 2.21 bits per heavy atom. The molecule has 0 aliphatic heterocycles. The summed E-state index contributed by atoms with van der Waals surface area (Å²) >= 11 is 0. The van der Waals surface area contributed by atoms with Gasteiger partial charge in [-0.1, -0.05) is 77.2 Å². The summed E-state index contributed by atoms with van der Waals surface area (Å²) in [6.07, 6.45) is 20.4. The topological polar surface area (TPSA) is 0 Å². The van der Waals surface area contributed by atoms with Gasteiger partial charge in [-0.05, 0) is 44.4 Å². The summed E-state index contributed by atoms with van der Waals surface area (Å²) < 4.78 is 0. The van der Waals surface area contributed by atoms with E-state index in [2.05, 4.69) is 45.9 Å². The van der Waals surface area contributed by atoms with Crippen molar-refractivity contribution in [2.45, 2.75) is 91.9 Å². The van der Waals surface area contributed by atoms with Crippen molar-refractivity contribution in [2.24, 2.45) is 5.92 Å². The number of allylic oxidation sites excluding steroid dienone is 4. The maximum Gasteiger partial charge on any atom is -0.0139 e. The van der Waals surface area contributed by atoms with E-state index in [4.69, 9.17) is 0 Å². The smallest absolute Gasteiger partial charge is 0.0139 e. The van der Waals surface area contributed by atoms with Gasteiger partial charge in [0, 0.05) is 0 Å². The molecule has 0 spiro atoms. The normalized spacial score (nSPS) is 12.8. The summed E-state index contributed by atoms with van der Waals surface area (Å²) in [7, 11) is 0. The molecule has 0 N–H and O–H groups in total. The lowest BCUT2D eigenvalue weighted by molar-refractivity contribution is 0.661. The fourth-order valence-corrected chi connectivity index (χ4v) is 2.19. The van der Waals surface area contributed by atoms with E-state index < -0.39 is 0 Å². The van der Waals surface area contributed by atoms with E-state index in [0.717, 1.165) is 5.92 Å². The van der Waals surface area contributed by atoms with Gasteiger partial charge in [0.2, 0.25) is 0 Å². The Balaban J connectivity index is 4.04. The molecule has 0 saturated heterocycles. The van der Waals surface area contributed by atoms with Crippen molar-refractivity contribution in [1.29, 1.82) is 0 Å². The van der Waals surface area contributed by atoms with Gasteiger partial charge in [-0.2, -0.15) is 0 Å². The summed E-state index contributed by atoms with van der Waals surface area (Å²) in [5, 5.41) is 0. The van der Waals surface area contributed by atoms with Gasteiger partial charge in [-0.25, -0.2) is 0 Å². The molecule has 0 aromatic rings. The van der Waals surface area contributed by atoms with Crippen molar-refractivity contribution < 1.29 is 0 Å².